The summed E-state index contributed by atoms with van der Waals surface area (Å²) in [5, 5.41) is 7.64. The van der Waals surface area contributed by atoms with Crippen molar-refractivity contribution in [2.75, 3.05) is 25.6 Å². The van der Waals surface area contributed by atoms with Crippen LogP contribution in [0.15, 0.2) is 60.7 Å². The second-order valence-corrected chi connectivity index (χ2v) is 6.62. The number of carbonyl (C=O) groups excluding carboxylic acids is 1. The van der Waals surface area contributed by atoms with Crippen molar-refractivity contribution in [3.63, 3.8) is 0 Å². The van der Waals surface area contributed by atoms with E-state index in [1.54, 1.807) is 12.0 Å². The fourth-order valence-electron chi connectivity index (χ4n) is 3.09. The molecule has 1 heterocycles. The van der Waals surface area contributed by atoms with Gasteiger partial charge in [-0.2, -0.15) is 5.10 Å². The Kier molecular flexibility index (Phi) is 6.45. The highest BCUT2D eigenvalue weighted by Gasteiger charge is 2.19. The quantitative estimate of drug-likeness (QED) is 0.671. The first-order valence-corrected chi connectivity index (χ1v) is 9.30. The summed E-state index contributed by atoms with van der Waals surface area (Å²) in [7, 11) is 1.64. The Labute approximate surface area is 165 Å². The molecule has 6 nitrogen and oxygen atoms in total. The molecule has 0 fully saturated rings. The third kappa shape index (κ3) is 4.58. The normalized spacial score (nSPS) is 10.7. The number of benzene rings is 2. The lowest BCUT2D eigenvalue weighted by Crippen LogP contribution is -2.37. The predicted molar refractivity (Wildman–Crippen MR) is 111 cm³/mol. The van der Waals surface area contributed by atoms with Crippen molar-refractivity contribution < 1.29 is 9.53 Å². The highest BCUT2D eigenvalue weighted by Crippen LogP contribution is 2.23. The van der Waals surface area contributed by atoms with Gasteiger partial charge in [-0.05, 0) is 31.5 Å². The molecule has 0 atom stereocenters. The molecule has 0 spiro atoms. The van der Waals surface area contributed by atoms with E-state index < -0.39 is 0 Å². The maximum Gasteiger partial charge on any atom is 0.322 e. The van der Waals surface area contributed by atoms with Crippen molar-refractivity contribution in [2.24, 2.45) is 0 Å². The van der Waals surface area contributed by atoms with Crippen molar-refractivity contribution in [2.45, 2.75) is 20.4 Å². The van der Waals surface area contributed by atoms with Gasteiger partial charge in [0, 0.05) is 20.2 Å². The lowest BCUT2D eigenvalue weighted by Gasteiger charge is -2.23. The van der Waals surface area contributed by atoms with E-state index in [0.717, 1.165) is 28.3 Å². The molecular weight excluding hydrogens is 352 g/mol. The highest BCUT2D eigenvalue weighted by molar-refractivity contribution is 5.90. The summed E-state index contributed by atoms with van der Waals surface area (Å²) in [6, 6.07) is 19.7. The number of anilines is 1. The van der Waals surface area contributed by atoms with Crippen LogP contribution in [-0.4, -0.2) is 41.0 Å². The Bertz CT molecular complexity index is 907. The van der Waals surface area contributed by atoms with Crippen LogP contribution in [0.25, 0.3) is 5.69 Å². The summed E-state index contributed by atoms with van der Waals surface area (Å²) in [6.07, 6.45) is 0. The minimum absolute atomic E-state index is 0.167. The molecule has 6 heteroatoms. The zero-order chi connectivity index (χ0) is 19.9. The van der Waals surface area contributed by atoms with E-state index >= 15 is 0 Å². The third-order valence-corrected chi connectivity index (χ3v) is 4.59. The van der Waals surface area contributed by atoms with Crippen LogP contribution < -0.4 is 5.32 Å². The van der Waals surface area contributed by atoms with Crippen LogP contribution in [0.4, 0.5) is 10.5 Å². The standard InChI is InChI=1S/C22H26N4O2/c1-17-21(18(2)26(24-17)20-12-8-5-9-13-20)23-22(27)25(14-15-28-3)16-19-10-6-4-7-11-19/h4-13H,14-16H2,1-3H3,(H,23,27). The maximum atomic E-state index is 13.0. The van der Waals surface area contributed by atoms with E-state index in [-0.39, 0.29) is 6.03 Å². The number of aromatic nitrogens is 2. The Morgan fingerprint density at radius 1 is 1.07 bits per heavy atom. The van der Waals surface area contributed by atoms with E-state index in [2.05, 4.69) is 10.4 Å². The Hall–Kier alpha value is -3.12. The molecule has 0 saturated heterocycles. The van der Waals surface area contributed by atoms with E-state index in [1.807, 2.05) is 79.2 Å². The number of ether oxygens (including phenoxy) is 1. The van der Waals surface area contributed by atoms with Gasteiger partial charge in [-0.25, -0.2) is 9.48 Å². The van der Waals surface area contributed by atoms with Gasteiger partial charge in [-0.3, -0.25) is 0 Å². The van der Waals surface area contributed by atoms with Gasteiger partial charge in [0.2, 0.25) is 0 Å². The zero-order valence-corrected chi connectivity index (χ0v) is 16.6. The number of hydrogen-bond acceptors (Lipinski definition) is 3. The number of rotatable bonds is 7. The summed E-state index contributed by atoms with van der Waals surface area (Å²) in [4.78, 5) is 14.7. The Balaban J connectivity index is 1.80. The van der Waals surface area contributed by atoms with Gasteiger partial charge in [0.05, 0.1) is 29.4 Å². The van der Waals surface area contributed by atoms with E-state index in [9.17, 15) is 4.79 Å². The van der Waals surface area contributed by atoms with Gasteiger partial charge in [-0.1, -0.05) is 48.5 Å². The molecule has 0 unspecified atom stereocenters. The van der Waals surface area contributed by atoms with E-state index in [0.29, 0.717) is 19.7 Å². The number of carbonyl (C=O) groups is 1. The first kappa shape index (κ1) is 19.6. The smallest absolute Gasteiger partial charge is 0.322 e. The molecule has 0 aliphatic carbocycles. The van der Waals surface area contributed by atoms with Crippen LogP contribution in [0.2, 0.25) is 0 Å². The summed E-state index contributed by atoms with van der Waals surface area (Å²) in [6.45, 7) is 5.35. The number of urea groups is 1. The topological polar surface area (TPSA) is 59.4 Å². The fourth-order valence-corrected chi connectivity index (χ4v) is 3.09. The molecule has 28 heavy (non-hydrogen) atoms. The minimum atomic E-state index is -0.167. The minimum Gasteiger partial charge on any atom is -0.383 e. The molecule has 0 saturated carbocycles. The second-order valence-electron chi connectivity index (χ2n) is 6.62. The van der Waals surface area contributed by atoms with Crippen LogP contribution in [-0.2, 0) is 11.3 Å². The number of nitrogens with zero attached hydrogens (tertiary/aromatic N) is 3. The van der Waals surface area contributed by atoms with Gasteiger partial charge in [0.25, 0.3) is 0 Å². The number of hydrogen-bond donors (Lipinski definition) is 1. The van der Waals surface area contributed by atoms with E-state index in [1.165, 1.54) is 0 Å². The monoisotopic (exact) mass is 378 g/mol. The molecule has 3 rings (SSSR count). The number of aryl methyl sites for hydroxylation is 1. The number of para-hydroxylation sites is 1. The van der Waals surface area contributed by atoms with Crippen LogP contribution in [0.5, 0.6) is 0 Å². The first-order valence-electron chi connectivity index (χ1n) is 9.30. The van der Waals surface area contributed by atoms with Gasteiger partial charge in [0.1, 0.15) is 0 Å². The van der Waals surface area contributed by atoms with Crippen LogP contribution in [0, 0.1) is 13.8 Å². The molecule has 0 bridgehead atoms. The van der Waals surface area contributed by atoms with Crippen LogP contribution in [0.1, 0.15) is 17.0 Å². The SMILES string of the molecule is COCCN(Cc1ccccc1)C(=O)Nc1c(C)nn(-c2ccccc2)c1C. The molecule has 146 valence electrons. The Morgan fingerprint density at radius 2 is 1.71 bits per heavy atom. The molecule has 0 aliphatic heterocycles. The summed E-state index contributed by atoms with van der Waals surface area (Å²) >= 11 is 0. The number of nitrogens with one attached hydrogen (secondary N) is 1. The average molecular weight is 378 g/mol. The predicted octanol–water partition coefficient (Wildman–Crippen LogP) is 4.17. The van der Waals surface area contributed by atoms with Crippen molar-refractivity contribution in [1.82, 2.24) is 14.7 Å². The third-order valence-electron chi connectivity index (χ3n) is 4.59. The van der Waals surface area contributed by atoms with Gasteiger partial charge in [0.15, 0.2) is 0 Å². The van der Waals surface area contributed by atoms with Crippen LogP contribution in [0.3, 0.4) is 0 Å². The molecule has 0 radical (unpaired) electrons. The average Bonchev–Trinajstić information content (AvgIpc) is 3.00. The van der Waals surface area contributed by atoms with Gasteiger partial charge >= 0.3 is 6.03 Å². The summed E-state index contributed by atoms with van der Waals surface area (Å²) < 4.78 is 7.03. The van der Waals surface area contributed by atoms with Crippen molar-refractivity contribution in [3.05, 3.63) is 77.6 Å². The summed E-state index contributed by atoms with van der Waals surface area (Å²) in [5.41, 5.74) is 4.44. The maximum absolute atomic E-state index is 13.0. The lowest BCUT2D eigenvalue weighted by atomic mass is 10.2. The van der Waals surface area contributed by atoms with Gasteiger partial charge < -0.3 is 15.0 Å². The first-order chi connectivity index (χ1) is 13.6. The molecule has 3 aromatic rings. The van der Waals surface area contributed by atoms with Crippen LogP contribution >= 0.6 is 0 Å². The lowest BCUT2D eigenvalue weighted by molar-refractivity contribution is 0.153. The molecule has 1 aromatic heterocycles. The Morgan fingerprint density at radius 3 is 2.36 bits per heavy atom. The largest absolute Gasteiger partial charge is 0.383 e. The fraction of sp³-hybridized carbons (Fsp3) is 0.273. The molecule has 0 aliphatic rings. The van der Waals surface area contributed by atoms with E-state index in [4.69, 9.17) is 4.74 Å². The van der Waals surface area contributed by atoms with Gasteiger partial charge in [-0.15, -0.1) is 0 Å². The summed E-state index contributed by atoms with van der Waals surface area (Å²) in [5.74, 6) is 0. The molecule has 1 N–H and O–H groups in total. The van der Waals surface area contributed by atoms with Crippen molar-refractivity contribution in [1.29, 1.82) is 0 Å². The second kappa shape index (κ2) is 9.19. The van der Waals surface area contributed by atoms with Crippen molar-refractivity contribution >= 4 is 11.7 Å². The zero-order valence-electron chi connectivity index (χ0n) is 16.6. The molecule has 2 amide bonds. The number of methoxy groups -OCH3 is 1. The molecule has 2 aromatic carbocycles. The highest BCUT2D eigenvalue weighted by atomic mass is 16.5. The number of amides is 2. The molecular formula is C22H26N4O2. The van der Waals surface area contributed by atoms with Crippen molar-refractivity contribution in [3.8, 4) is 5.69 Å².